The van der Waals surface area contributed by atoms with Crippen LogP contribution in [0.25, 0.3) is 0 Å². The van der Waals surface area contributed by atoms with Crippen molar-refractivity contribution in [1.29, 1.82) is 0 Å². The van der Waals surface area contributed by atoms with Crippen LogP contribution in [-0.4, -0.2) is 115 Å². The number of aliphatic hydroxyl groups is 3. The lowest BCUT2D eigenvalue weighted by molar-refractivity contribution is -0.307. The van der Waals surface area contributed by atoms with Crippen LogP contribution in [0.4, 0.5) is 0 Å². The minimum Gasteiger partial charge on any atom is -0.388 e. The number of rotatable bonds is 7. The van der Waals surface area contributed by atoms with Gasteiger partial charge in [0.25, 0.3) is 0 Å². The smallest absolute Gasteiger partial charge is 0.185 e. The summed E-state index contributed by atoms with van der Waals surface area (Å²) in [6.45, 7) is 3.52. The Bertz CT molecular complexity index is 638. The third kappa shape index (κ3) is 6.38. The molecule has 12 nitrogen and oxygen atoms in total. The van der Waals surface area contributed by atoms with Gasteiger partial charge in [-0.25, -0.2) is 0 Å². The summed E-state index contributed by atoms with van der Waals surface area (Å²) in [6.07, 6.45) is -4.22. The lowest BCUT2D eigenvalue weighted by Crippen LogP contribution is -2.68. The van der Waals surface area contributed by atoms with Gasteiger partial charge in [0.1, 0.15) is 30.0 Å². The Labute approximate surface area is 207 Å². The lowest BCUT2D eigenvalue weighted by atomic mass is 9.84. The normalized spacial score (nSPS) is 48.7. The van der Waals surface area contributed by atoms with Gasteiger partial charge in [0.05, 0.1) is 24.8 Å². The molecule has 0 aromatic carbocycles. The van der Waals surface area contributed by atoms with Crippen LogP contribution in [0.5, 0.6) is 0 Å². The molecule has 2 aliphatic heterocycles. The van der Waals surface area contributed by atoms with Crippen LogP contribution in [0.1, 0.15) is 33.1 Å². The summed E-state index contributed by atoms with van der Waals surface area (Å²) >= 11 is 0. The Kier molecular flexibility index (Phi) is 10.9. The average Bonchev–Trinajstić information content (AvgIpc) is 2.76. The molecule has 13 heteroatoms. The predicted molar refractivity (Wildman–Crippen MR) is 127 cm³/mol. The van der Waals surface area contributed by atoms with E-state index in [0.717, 1.165) is 6.42 Å². The topological polar surface area (TPSA) is 200 Å². The van der Waals surface area contributed by atoms with Crippen LogP contribution >= 0.6 is 12.4 Å². The van der Waals surface area contributed by atoms with Crippen LogP contribution in [0.3, 0.4) is 0 Å². The van der Waals surface area contributed by atoms with E-state index in [9.17, 15) is 15.3 Å². The first-order valence-corrected chi connectivity index (χ1v) is 11.8. The molecule has 0 aromatic heterocycles. The molecule has 2 saturated heterocycles. The van der Waals surface area contributed by atoms with Crippen LogP contribution < -0.4 is 27.8 Å². The summed E-state index contributed by atoms with van der Waals surface area (Å²) in [6, 6.07) is -2.11. The zero-order chi connectivity index (χ0) is 24.5. The fourth-order valence-electron chi connectivity index (χ4n) is 5.04. The number of aliphatic hydroxyl groups excluding tert-OH is 2. The maximum atomic E-state index is 11.1. The van der Waals surface area contributed by atoms with Gasteiger partial charge in [-0.2, -0.15) is 0 Å². The number of halogens is 1. The second-order valence-corrected chi connectivity index (χ2v) is 9.91. The second kappa shape index (κ2) is 12.4. The highest BCUT2D eigenvalue weighted by molar-refractivity contribution is 5.85. The fourth-order valence-corrected chi connectivity index (χ4v) is 5.04. The summed E-state index contributed by atoms with van der Waals surface area (Å²) in [4.78, 5) is 0. The Balaban J connectivity index is 0.00000408. The zero-order valence-electron chi connectivity index (χ0n) is 20.4. The highest BCUT2D eigenvalue weighted by atomic mass is 35.5. The highest BCUT2D eigenvalue weighted by Crippen LogP contribution is 2.31. The summed E-state index contributed by atoms with van der Waals surface area (Å²) < 4.78 is 23.7. The molecule has 2 heterocycles. The number of nitrogens with two attached hydrogens (primary N) is 3. The molecule has 3 aliphatic rings. The molecule has 0 unspecified atom stereocenters. The number of ether oxygens (including phenoxy) is 4. The van der Waals surface area contributed by atoms with Crippen molar-refractivity contribution in [2.75, 3.05) is 20.7 Å². The Hall–Kier alpha value is -0.190. The third-order valence-corrected chi connectivity index (χ3v) is 7.24. The SMILES string of the molecule is CN[C@@H]1[C@@H](O)[C@@H](O[C@@H]2[C@H](O)[C@H](O[C@H]3O[C@H]([C@@H](C)NC)CC[C@H]3N)[C@@H](N)C[C@H]2N)OC[C@]1(C)O.Cl. The minimum atomic E-state index is -1.29. The largest absolute Gasteiger partial charge is 0.388 e. The van der Waals surface area contributed by atoms with Gasteiger partial charge in [-0.3, -0.25) is 0 Å². The van der Waals surface area contributed by atoms with Crippen molar-refractivity contribution in [2.45, 2.75) is 112 Å². The van der Waals surface area contributed by atoms with Crippen molar-refractivity contribution >= 4 is 12.4 Å². The molecular formula is C21H44ClN5O7. The van der Waals surface area contributed by atoms with Crippen molar-refractivity contribution in [3.63, 3.8) is 0 Å². The van der Waals surface area contributed by atoms with Crippen molar-refractivity contribution < 1.29 is 34.3 Å². The maximum Gasteiger partial charge on any atom is 0.185 e. The number of nitrogens with one attached hydrogen (secondary N) is 2. The van der Waals surface area contributed by atoms with E-state index >= 15 is 0 Å². The molecule has 1 saturated carbocycles. The molecule has 0 amide bonds. The van der Waals surface area contributed by atoms with E-state index in [1.165, 1.54) is 0 Å². The van der Waals surface area contributed by atoms with Crippen molar-refractivity contribution in [3.8, 4) is 0 Å². The number of hydrogen-bond acceptors (Lipinski definition) is 12. The fraction of sp³-hybridized carbons (Fsp3) is 1.00. The Morgan fingerprint density at radius 3 is 2.12 bits per heavy atom. The van der Waals surface area contributed by atoms with E-state index in [0.29, 0.717) is 12.8 Å². The molecule has 202 valence electrons. The molecule has 0 bridgehead atoms. The van der Waals surface area contributed by atoms with Gasteiger partial charge in [-0.1, -0.05) is 0 Å². The molecule has 11 N–H and O–H groups in total. The van der Waals surface area contributed by atoms with E-state index in [-0.39, 0.29) is 37.2 Å². The molecule has 34 heavy (non-hydrogen) atoms. The van der Waals surface area contributed by atoms with E-state index < -0.39 is 60.7 Å². The number of hydrogen-bond donors (Lipinski definition) is 8. The van der Waals surface area contributed by atoms with Gasteiger partial charge in [0.15, 0.2) is 12.6 Å². The molecule has 0 aromatic rings. The van der Waals surface area contributed by atoms with E-state index in [1.54, 1.807) is 14.0 Å². The molecular weight excluding hydrogens is 470 g/mol. The van der Waals surface area contributed by atoms with Crippen LogP contribution in [0.2, 0.25) is 0 Å². The molecule has 13 atom stereocenters. The van der Waals surface area contributed by atoms with E-state index in [1.807, 2.05) is 14.0 Å². The summed E-state index contributed by atoms with van der Waals surface area (Å²) in [5, 5.41) is 38.3. The molecule has 3 fully saturated rings. The van der Waals surface area contributed by atoms with Crippen LogP contribution in [0, 0.1) is 0 Å². The van der Waals surface area contributed by atoms with Crippen molar-refractivity contribution in [1.82, 2.24) is 10.6 Å². The summed E-state index contributed by atoms with van der Waals surface area (Å²) in [5.41, 5.74) is 17.5. The first-order chi connectivity index (χ1) is 15.5. The summed E-state index contributed by atoms with van der Waals surface area (Å²) in [5.74, 6) is 0. The molecule has 0 spiro atoms. The average molecular weight is 514 g/mol. The van der Waals surface area contributed by atoms with Crippen molar-refractivity contribution in [3.05, 3.63) is 0 Å². The monoisotopic (exact) mass is 513 g/mol. The third-order valence-electron chi connectivity index (χ3n) is 7.24. The Morgan fingerprint density at radius 2 is 1.56 bits per heavy atom. The van der Waals surface area contributed by atoms with E-state index in [2.05, 4.69) is 10.6 Å². The molecule has 3 rings (SSSR count). The zero-order valence-corrected chi connectivity index (χ0v) is 21.2. The standard InChI is InChI=1S/C21H43N5O7.ClH/c1-9(25-3)13-6-5-10(22)19(31-13)32-16-11(23)7-12(24)17(14(16)27)33-20-15(28)18(26-4)21(2,29)8-30-20;/h9-20,25-29H,5-8,22-24H2,1-4H3;1H/t9-,10-,11+,12-,13+,14-,15-,16-,17+,18-,19-,20-,21+;/m1./s1. The number of likely N-dealkylation sites (N-methyl/N-ethyl adjacent to an activating group) is 2. The highest BCUT2D eigenvalue weighted by Gasteiger charge is 2.50. The van der Waals surface area contributed by atoms with Crippen LogP contribution in [0.15, 0.2) is 0 Å². The Morgan fingerprint density at radius 1 is 0.971 bits per heavy atom. The minimum absolute atomic E-state index is 0. The molecule has 0 radical (unpaired) electrons. The van der Waals surface area contributed by atoms with Crippen molar-refractivity contribution in [2.24, 2.45) is 17.2 Å². The first kappa shape index (κ1) is 30.0. The van der Waals surface area contributed by atoms with Gasteiger partial charge < -0.3 is 62.1 Å². The van der Waals surface area contributed by atoms with Gasteiger partial charge >= 0.3 is 0 Å². The molecule has 1 aliphatic carbocycles. The second-order valence-electron chi connectivity index (χ2n) is 9.91. The quantitative estimate of drug-likeness (QED) is 0.173. The lowest BCUT2D eigenvalue weighted by Gasteiger charge is -2.48. The summed E-state index contributed by atoms with van der Waals surface area (Å²) in [7, 11) is 3.49. The first-order valence-electron chi connectivity index (χ1n) is 11.8. The van der Waals surface area contributed by atoms with Crippen LogP contribution in [-0.2, 0) is 18.9 Å². The van der Waals surface area contributed by atoms with Gasteiger partial charge in [0.2, 0.25) is 0 Å². The maximum absolute atomic E-state index is 11.1. The van der Waals surface area contributed by atoms with Gasteiger partial charge in [-0.05, 0) is 47.2 Å². The predicted octanol–water partition coefficient (Wildman–Crippen LogP) is -2.91. The van der Waals surface area contributed by atoms with Gasteiger partial charge in [0, 0.05) is 18.1 Å². The van der Waals surface area contributed by atoms with Gasteiger partial charge in [-0.15, -0.1) is 12.4 Å². The van der Waals surface area contributed by atoms with E-state index in [4.69, 9.17) is 36.1 Å².